The Morgan fingerprint density at radius 1 is 1.28 bits per heavy atom. The normalized spacial score (nSPS) is 9.90. The molecule has 146 valence electrons. The molecule has 0 aliphatic heterocycles. The number of aromatic nitrogens is 2. The number of carbonyl (C=O) groups excluding carboxylic acids is 1. The van der Waals surface area contributed by atoms with E-state index in [1.54, 1.807) is 30.3 Å². The zero-order valence-corrected chi connectivity index (χ0v) is 16.0. The van der Waals surface area contributed by atoms with Crippen molar-refractivity contribution in [2.45, 2.75) is 6.61 Å². The van der Waals surface area contributed by atoms with Gasteiger partial charge in [-0.1, -0.05) is 23.7 Å². The van der Waals surface area contributed by atoms with Gasteiger partial charge < -0.3 is 14.8 Å². The van der Waals surface area contributed by atoms with Crippen molar-refractivity contribution in [2.75, 3.05) is 12.4 Å². The molecule has 8 heteroatoms. The molecule has 29 heavy (non-hydrogen) atoms. The predicted molar refractivity (Wildman–Crippen MR) is 106 cm³/mol. The highest BCUT2D eigenvalue weighted by atomic mass is 35.5. The summed E-state index contributed by atoms with van der Waals surface area (Å²) in [5, 5.41) is 3.43. The average Bonchev–Trinajstić information content (AvgIpc) is 2.72. The van der Waals surface area contributed by atoms with E-state index in [0.29, 0.717) is 33.4 Å². The molecule has 0 spiro atoms. The lowest BCUT2D eigenvalue weighted by Gasteiger charge is -2.11. The van der Waals surface area contributed by atoms with Gasteiger partial charge in [-0.05, 0) is 41.8 Å². The Hall–Kier alpha value is -3.63. The molecule has 1 aromatic heterocycles. The molecule has 3 aromatic rings. The number of nitrogens with zero attached hydrogens (tertiary/aromatic N) is 2. The summed E-state index contributed by atoms with van der Waals surface area (Å²) in [7, 11) is 1.25. The van der Waals surface area contributed by atoms with Crippen LogP contribution in [0.5, 0.6) is 5.75 Å². The Balaban J connectivity index is 1.72. The van der Waals surface area contributed by atoms with Gasteiger partial charge in [0.05, 0.1) is 17.7 Å². The van der Waals surface area contributed by atoms with E-state index in [1.165, 1.54) is 31.8 Å². The number of halogens is 2. The van der Waals surface area contributed by atoms with Gasteiger partial charge in [-0.2, -0.15) is 0 Å². The molecule has 0 saturated heterocycles. The second-order valence-electron chi connectivity index (χ2n) is 5.72. The minimum absolute atomic E-state index is 0.184. The Bertz CT molecular complexity index is 1100. The van der Waals surface area contributed by atoms with Gasteiger partial charge in [-0.3, -0.25) is 0 Å². The molecule has 3 rings (SSSR count). The lowest BCUT2D eigenvalue weighted by molar-refractivity contribution is -0.133. The quantitative estimate of drug-likeness (QED) is 0.503. The molecule has 0 amide bonds. The third kappa shape index (κ3) is 5.67. The Kier molecular flexibility index (Phi) is 6.61. The number of hydrogen-bond donors (Lipinski definition) is 1. The summed E-state index contributed by atoms with van der Waals surface area (Å²) < 4.78 is 23.4. The number of nitrogens with one attached hydrogen (secondary N) is 1. The van der Waals surface area contributed by atoms with Gasteiger partial charge in [-0.15, -0.1) is 0 Å². The lowest BCUT2D eigenvalue weighted by atomic mass is 10.2. The highest BCUT2D eigenvalue weighted by molar-refractivity contribution is 6.32. The molecular formula is C21H15ClFN3O3. The van der Waals surface area contributed by atoms with E-state index >= 15 is 0 Å². The van der Waals surface area contributed by atoms with E-state index in [2.05, 4.69) is 31.9 Å². The highest BCUT2D eigenvalue weighted by Gasteiger charge is 2.07. The van der Waals surface area contributed by atoms with Crippen molar-refractivity contribution in [1.82, 2.24) is 9.97 Å². The van der Waals surface area contributed by atoms with Crippen LogP contribution in [0.2, 0.25) is 5.02 Å². The van der Waals surface area contributed by atoms with Crippen molar-refractivity contribution >= 4 is 29.1 Å². The third-order valence-electron chi connectivity index (χ3n) is 3.67. The van der Waals surface area contributed by atoms with Crippen LogP contribution >= 0.6 is 11.6 Å². The molecule has 0 aliphatic rings. The fourth-order valence-electron chi connectivity index (χ4n) is 2.31. The number of anilines is 2. The predicted octanol–water partition coefficient (Wildman–Crippen LogP) is 4.12. The van der Waals surface area contributed by atoms with Gasteiger partial charge in [0.15, 0.2) is 0 Å². The van der Waals surface area contributed by atoms with Crippen LogP contribution in [0.4, 0.5) is 15.9 Å². The largest absolute Gasteiger partial charge is 0.487 e. The van der Waals surface area contributed by atoms with Crippen LogP contribution in [-0.4, -0.2) is 23.0 Å². The van der Waals surface area contributed by atoms with Crippen LogP contribution in [0.15, 0.2) is 55.0 Å². The minimum Gasteiger partial charge on any atom is -0.487 e. The van der Waals surface area contributed by atoms with Gasteiger partial charge in [0.1, 0.15) is 30.3 Å². The Morgan fingerprint density at radius 2 is 2.14 bits per heavy atom. The summed E-state index contributed by atoms with van der Waals surface area (Å²) in [5.41, 5.74) is 1.74. The van der Waals surface area contributed by atoms with Crippen LogP contribution in [0.1, 0.15) is 11.1 Å². The number of rotatable bonds is 5. The summed E-state index contributed by atoms with van der Waals surface area (Å²) in [6, 6.07) is 11.2. The molecular weight excluding hydrogens is 397 g/mol. The van der Waals surface area contributed by atoms with Crippen LogP contribution in [0.3, 0.4) is 0 Å². The smallest absolute Gasteiger partial charge is 0.384 e. The van der Waals surface area contributed by atoms with Gasteiger partial charge in [0.25, 0.3) is 0 Å². The summed E-state index contributed by atoms with van der Waals surface area (Å²) in [6.07, 6.45) is 2.83. The van der Waals surface area contributed by atoms with Crippen molar-refractivity contribution in [3.05, 3.63) is 77.0 Å². The number of carbonyl (C=O) groups is 1. The van der Waals surface area contributed by atoms with Crippen LogP contribution in [0.25, 0.3) is 0 Å². The molecule has 1 N–H and O–H groups in total. The first kappa shape index (κ1) is 20.1. The van der Waals surface area contributed by atoms with Crippen molar-refractivity contribution in [2.24, 2.45) is 0 Å². The van der Waals surface area contributed by atoms with E-state index in [4.69, 9.17) is 16.3 Å². The fourth-order valence-corrected chi connectivity index (χ4v) is 2.55. The molecule has 6 nitrogen and oxygen atoms in total. The second kappa shape index (κ2) is 9.53. The topological polar surface area (TPSA) is 73.3 Å². The zero-order valence-electron chi connectivity index (χ0n) is 15.3. The molecule has 0 saturated carbocycles. The van der Waals surface area contributed by atoms with E-state index in [9.17, 15) is 9.18 Å². The van der Waals surface area contributed by atoms with Crippen LogP contribution in [-0.2, 0) is 16.1 Å². The summed E-state index contributed by atoms with van der Waals surface area (Å²) in [5.74, 6) is 4.85. The first-order valence-electron chi connectivity index (χ1n) is 8.39. The van der Waals surface area contributed by atoms with Crippen molar-refractivity contribution in [1.29, 1.82) is 0 Å². The number of hydrogen-bond acceptors (Lipinski definition) is 6. The molecule has 2 aromatic carbocycles. The van der Waals surface area contributed by atoms with Crippen LogP contribution in [0, 0.1) is 17.7 Å². The van der Waals surface area contributed by atoms with Gasteiger partial charge in [0.2, 0.25) is 0 Å². The molecule has 0 unspecified atom stereocenters. The maximum Gasteiger partial charge on any atom is 0.384 e. The molecule has 0 bridgehead atoms. The van der Waals surface area contributed by atoms with Gasteiger partial charge in [-0.25, -0.2) is 19.2 Å². The number of ether oxygens (including phenoxy) is 2. The Morgan fingerprint density at radius 3 is 2.90 bits per heavy atom. The summed E-state index contributed by atoms with van der Waals surface area (Å²) >= 11 is 6.29. The maximum absolute atomic E-state index is 13.2. The molecule has 0 aliphatic carbocycles. The molecule has 0 fully saturated rings. The SMILES string of the molecule is COC(=O)C#Cc1cncnc1Nc1ccc(OCc2cccc(F)c2)c(Cl)c1. The van der Waals surface area contributed by atoms with Crippen molar-refractivity contribution in [3.63, 3.8) is 0 Å². The minimum atomic E-state index is -0.664. The zero-order chi connectivity index (χ0) is 20.6. The van der Waals surface area contributed by atoms with Crippen LogP contribution < -0.4 is 10.1 Å². The highest BCUT2D eigenvalue weighted by Crippen LogP contribution is 2.30. The Labute approximate surface area is 171 Å². The van der Waals surface area contributed by atoms with Gasteiger partial charge >= 0.3 is 5.97 Å². The van der Waals surface area contributed by atoms with Crippen molar-refractivity contribution in [3.8, 4) is 17.6 Å². The fraction of sp³-hybridized carbons (Fsp3) is 0.0952. The first-order valence-corrected chi connectivity index (χ1v) is 8.77. The lowest BCUT2D eigenvalue weighted by Crippen LogP contribution is -2.00. The first-order chi connectivity index (χ1) is 14.0. The van der Waals surface area contributed by atoms with E-state index in [1.807, 2.05) is 0 Å². The second-order valence-corrected chi connectivity index (χ2v) is 6.12. The number of methoxy groups -OCH3 is 1. The monoisotopic (exact) mass is 411 g/mol. The standard InChI is InChI=1S/C21H15ClFN3O3/c1-28-20(27)8-5-15-11-24-13-25-21(15)26-17-6-7-19(18(22)10-17)29-12-14-3-2-4-16(23)9-14/h2-4,6-7,9-11,13H,12H2,1H3,(H,24,25,26). The van der Waals surface area contributed by atoms with E-state index in [-0.39, 0.29) is 12.4 Å². The number of esters is 1. The summed E-state index contributed by atoms with van der Waals surface area (Å²) in [6.45, 7) is 0.184. The van der Waals surface area contributed by atoms with Crippen molar-refractivity contribution < 1.29 is 18.7 Å². The molecule has 0 atom stereocenters. The third-order valence-corrected chi connectivity index (χ3v) is 3.97. The summed E-state index contributed by atoms with van der Waals surface area (Å²) in [4.78, 5) is 19.2. The molecule has 1 heterocycles. The molecule has 0 radical (unpaired) electrons. The number of benzene rings is 2. The average molecular weight is 412 g/mol. The van der Waals surface area contributed by atoms with Gasteiger partial charge in [0, 0.05) is 17.8 Å². The van der Waals surface area contributed by atoms with E-state index in [0.717, 1.165) is 0 Å². The van der Waals surface area contributed by atoms with E-state index < -0.39 is 5.97 Å². The maximum atomic E-state index is 13.2.